The van der Waals surface area contributed by atoms with Gasteiger partial charge in [-0.3, -0.25) is 9.48 Å². The molecule has 0 aliphatic carbocycles. The van der Waals surface area contributed by atoms with Gasteiger partial charge in [0.2, 0.25) is 0 Å². The first kappa shape index (κ1) is 22.3. The third kappa shape index (κ3) is 4.23. The molecule has 0 aliphatic heterocycles. The van der Waals surface area contributed by atoms with Crippen LogP contribution in [-0.2, 0) is 30.6 Å². The number of carboxylic acid groups (broad SMARTS) is 1. The molecule has 0 saturated carbocycles. The van der Waals surface area contributed by atoms with Crippen molar-refractivity contribution in [3.05, 3.63) is 68.7 Å². The summed E-state index contributed by atoms with van der Waals surface area (Å²) in [5.41, 5.74) is 4.54. The maximum Gasteiger partial charge on any atom is 0.307 e. The van der Waals surface area contributed by atoms with Crippen molar-refractivity contribution < 1.29 is 14.3 Å². The number of halogens is 3. The molecule has 2 aromatic heterocycles. The summed E-state index contributed by atoms with van der Waals surface area (Å²) < 4.78 is 16.7. The molecule has 9 heteroatoms. The Morgan fingerprint density at radius 3 is 2.62 bits per heavy atom. The number of hydrogen-bond acceptors (Lipinski definition) is 3. The topological polar surface area (TPSA) is 83.8 Å². The minimum atomic E-state index is -0.906. The highest BCUT2D eigenvalue weighted by Gasteiger charge is 2.19. The lowest BCUT2D eigenvalue weighted by molar-refractivity contribution is -0.136. The first-order chi connectivity index (χ1) is 15.3. The van der Waals surface area contributed by atoms with E-state index in [1.165, 1.54) is 6.07 Å². The smallest absolute Gasteiger partial charge is 0.307 e. The van der Waals surface area contributed by atoms with Crippen molar-refractivity contribution in [2.45, 2.75) is 39.7 Å². The van der Waals surface area contributed by atoms with E-state index < -0.39 is 11.8 Å². The third-order valence-corrected chi connectivity index (χ3v) is 5.91. The number of aryl methyl sites for hydroxylation is 1. The number of carbonyl (C=O) groups is 1. The molecule has 0 unspecified atom stereocenters. The molecule has 2 heterocycles. The van der Waals surface area contributed by atoms with E-state index in [0.29, 0.717) is 50.9 Å². The average Bonchev–Trinajstić information content (AvgIpc) is 3.30. The molecule has 0 fully saturated rings. The van der Waals surface area contributed by atoms with E-state index in [1.54, 1.807) is 28.9 Å². The van der Waals surface area contributed by atoms with Crippen molar-refractivity contribution in [1.29, 1.82) is 0 Å². The van der Waals surface area contributed by atoms with Crippen LogP contribution in [0.15, 0.2) is 30.3 Å². The van der Waals surface area contributed by atoms with Crippen LogP contribution in [0.3, 0.4) is 0 Å². The Morgan fingerprint density at radius 2 is 1.97 bits per heavy atom. The van der Waals surface area contributed by atoms with Crippen LogP contribution in [0.2, 0.25) is 10.0 Å². The van der Waals surface area contributed by atoms with Gasteiger partial charge in [0.15, 0.2) is 0 Å². The Bertz CT molecular complexity index is 1330. The van der Waals surface area contributed by atoms with Crippen LogP contribution in [-0.4, -0.2) is 30.8 Å². The summed E-state index contributed by atoms with van der Waals surface area (Å²) in [6.07, 6.45) is 1.13. The average molecular weight is 475 g/mol. The minimum Gasteiger partial charge on any atom is -0.481 e. The van der Waals surface area contributed by atoms with Crippen LogP contribution in [0.1, 0.15) is 36.4 Å². The highest BCUT2D eigenvalue weighted by molar-refractivity contribution is 6.38. The Morgan fingerprint density at radius 1 is 1.19 bits per heavy atom. The normalized spacial score (nSPS) is 11.4. The molecule has 4 aromatic rings. The molecule has 0 saturated heterocycles. The van der Waals surface area contributed by atoms with Crippen molar-refractivity contribution in [3.8, 4) is 11.4 Å². The monoisotopic (exact) mass is 474 g/mol. The maximum atomic E-state index is 15.0. The number of imidazole rings is 1. The van der Waals surface area contributed by atoms with Gasteiger partial charge < -0.3 is 10.1 Å². The summed E-state index contributed by atoms with van der Waals surface area (Å²) in [6, 6.07) is 8.21. The first-order valence-corrected chi connectivity index (χ1v) is 11.0. The Kier molecular flexibility index (Phi) is 6.22. The second-order valence-corrected chi connectivity index (χ2v) is 8.33. The summed E-state index contributed by atoms with van der Waals surface area (Å²) >= 11 is 12.3. The fraction of sp³-hybridized carbons (Fsp3) is 0.261. The SMILES string of the molecule is CCc1nn(Cc2ccc(-c3nc4c(Cl)cc(Cl)cc4[nH]3)cc2F)c(CC)c1CC(=O)O. The van der Waals surface area contributed by atoms with Gasteiger partial charge in [0.05, 0.1) is 29.2 Å². The number of fused-ring (bicyclic) bond motifs is 1. The van der Waals surface area contributed by atoms with Crippen molar-refractivity contribution in [2.75, 3.05) is 0 Å². The molecule has 2 aromatic carbocycles. The zero-order chi connectivity index (χ0) is 23.0. The standard InChI is InChI=1S/C23H21Cl2FN4O2/c1-3-18-15(10-21(31)32)20(4-2)30(29-18)11-13-6-5-12(7-17(13)26)23-27-19-9-14(24)8-16(25)22(19)28-23/h5-9H,3-4,10-11H2,1-2H3,(H,27,28)(H,31,32). The molecular formula is C23H21Cl2FN4O2. The Hall–Kier alpha value is -2.90. The number of H-pyrrole nitrogens is 1. The number of hydrogen-bond donors (Lipinski definition) is 2. The second kappa shape index (κ2) is 8.92. The molecule has 4 rings (SSSR count). The van der Waals surface area contributed by atoms with E-state index in [9.17, 15) is 9.90 Å². The summed E-state index contributed by atoms with van der Waals surface area (Å²) in [7, 11) is 0. The summed E-state index contributed by atoms with van der Waals surface area (Å²) in [5.74, 6) is -0.820. The second-order valence-electron chi connectivity index (χ2n) is 7.48. The van der Waals surface area contributed by atoms with Crippen LogP contribution >= 0.6 is 23.2 Å². The predicted octanol–water partition coefficient (Wildman–Crippen LogP) is 5.67. The molecule has 166 valence electrons. The number of carboxylic acids is 1. The number of aliphatic carboxylic acids is 1. The van der Waals surface area contributed by atoms with Gasteiger partial charge in [-0.25, -0.2) is 9.37 Å². The molecule has 0 spiro atoms. The molecule has 0 amide bonds. The quantitative estimate of drug-likeness (QED) is 0.361. The fourth-order valence-electron chi connectivity index (χ4n) is 3.92. The van der Waals surface area contributed by atoms with Gasteiger partial charge in [-0.2, -0.15) is 5.10 Å². The number of rotatable bonds is 7. The molecule has 6 nitrogen and oxygen atoms in total. The van der Waals surface area contributed by atoms with Crippen LogP contribution in [0.25, 0.3) is 22.4 Å². The van der Waals surface area contributed by atoms with Gasteiger partial charge in [0.1, 0.15) is 17.2 Å². The van der Waals surface area contributed by atoms with Crippen molar-refractivity contribution in [3.63, 3.8) is 0 Å². The number of aromatic nitrogens is 4. The minimum absolute atomic E-state index is 0.0909. The summed E-state index contributed by atoms with van der Waals surface area (Å²) in [4.78, 5) is 18.9. The lowest BCUT2D eigenvalue weighted by atomic mass is 10.1. The van der Waals surface area contributed by atoms with E-state index in [1.807, 2.05) is 13.8 Å². The third-order valence-electron chi connectivity index (χ3n) is 5.40. The van der Waals surface area contributed by atoms with Crippen molar-refractivity contribution in [2.24, 2.45) is 0 Å². The number of benzene rings is 2. The largest absolute Gasteiger partial charge is 0.481 e. The van der Waals surface area contributed by atoms with Gasteiger partial charge in [0.25, 0.3) is 0 Å². The summed E-state index contributed by atoms with van der Waals surface area (Å²) in [6.45, 7) is 4.08. The van der Waals surface area contributed by atoms with Crippen molar-refractivity contribution in [1.82, 2.24) is 19.7 Å². The number of nitrogens with zero attached hydrogens (tertiary/aromatic N) is 3. The number of nitrogens with one attached hydrogen (secondary N) is 1. The van der Waals surface area contributed by atoms with Gasteiger partial charge in [-0.1, -0.05) is 49.2 Å². The molecule has 0 radical (unpaired) electrons. The maximum absolute atomic E-state index is 15.0. The predicted molar refractivity (Wildman–Crippen MR) is 123 cm³/mol. The molecule has 0 atom stereocenters. The van der Waals surface area contributed by atoms with E-state index in [2.05, 4.69) is 15.1 Å². The highest BCUT2D eigenvalue weighted by Crippen LogP contribution is 2.30. The lowest BCUT2D eigenvalue weighted by Crippen LogP contribution is -2.09. The van der Waals surface area contributed by atoms with Crippen LogP contribution in [0, 0.1) is 5.82 Å². The van der Waals surface area contributed by atoms with Gasteiger partial charge >= 0.3 is 5.97 Å². The van der Waals surface area contributed by atoms with E-state index >= 15 is 4.39 Å². The zero-order valence-electron chi connectivity index (χ0n) is 17.5. The molecular weight excluding hydrogens is 454 g/mol. The Balaban J connectivity index is 1.67. The van der Waals surface area contributed by atoms with Gasteiger partial charge in [0, 0.05) is 27.4 Å². The fourth-order valence-corrected chi connectivity index (χ4v) is 4.45. The highest BCUT2D eigenvalue weighted by atomic mass is 35.5. The van der Waals surface area contributed by atoms with E-state index in [4.69, 9.17) is 23.2 Å². The summed E-state index contributed by atoms with van der Waals surface area (Å²) in [5, 5.41) is 14.7. The molecule has 0 aliphatic rings. The molecule has 2 N–H and O–H groups in total. The Labute approximate surface area is 194 Å². The van der Waals surface area contributed by atoms with Crippen molar-refractivity contribution >= 4 is 40.2 Å². The van der Waals surface area contributed by atoms with Crippen LogP contribution < -0.4 is 0 Å². The first-order valence-electron chi connectivity index (χ1n) is 10.2. The molecule has 32 heavy (non-hydrogen) atoms. The van der Waals surface area contributed by atoms with Gasteiger partial charge in [-0.15, -0.1) is 0 Å². The zero-order valence-corrected chi connectivity index (χ0v) is 19.1. The van der Waals surface area contributed by atoms with E-state index in [-0.39, 0.29) is 13.0 Å². The van der Waals surface area contributed by atoms with Crippen LogP contribution in [0.4, 0.5) is 4.39 Å². The number of aromatic amines is 1. The van der Waals surface area contributed by atoms with E-state index in [0.717, 1.165) is 17.0 Å². The lowest BCUT2D eigenvalue weighted by Gasteiger charge is -2.09. The molecule has 0 bridgehead atoms. The van der Waals surface area contributed by atoms with Gasteiger partial charge in [-0.05, 0) is 31.0 Å². The van der Waals surface area contributed by atoms with Crippen LogP contribution in [0.5, 0.6) is 0 Å².